The van der Waals surface area contributed by atoms with Gasteiger partial charge in [0, 0.05) is 5.56 Å². The molecule has 0 spiro atoms. The second kappa shape index (κ2) is 11.0. The number of rotatable bonds is 7. The quantitative estimate of drug-likeness (QED) is 0.332. The number of aryl methyl sites for hydroxylation is 1. The highest BCUT2D eigenvalue weighted by atomic mass is 35.5. The van der Waals surface area contributed by atoms with E-state index in [1.54, 1.807) is 19.1 Å². The Balaban J connectivity index is 1.27. The molecule has 3 aliphatic carbocycles. The molecule has 0 aliphatic heterocycles. The third-order valence-electron chi connectivity index (χ3n) is 10.1. The number of unbranched alkanes of at least 4 members (excludes halogenated alkanes) is 2. The van der Waals surface area contributed by atoms with Gasteiger partial charge in [-0.2, -0.15) is 0 Å². The number of benzene rings is 1. The molecule has 5 heteroatoms. The minimum absolute atomic E-state index is 0.117. The molecule has 0 radical (unpaired) electrons. The molecule has 0 heterocycles. The summed E-state index contributed by atoms with van der Waals surface area (Å²) in [6, 6.07) is 3.50. The van der Waals surface area contributed by atoms with Gasteiger partial charge in [-0.05, 0) is 114 Å². The first-order chi connectivity index (χ1) is 16.6. The predicted octanol–water partition coefficient (Wildman–Crippen LogP) is 7.59. The smallest absolute Gasteiger partial charge is 0.148 e. The van der Waals surface area contributed by atoms with Crippen molar-refractivity contribution in [3.8, 4) is 0 Å². The Morgan fingerprint density at radius 3 is 2.00 bits per heavy atom. The van der Waals surface area contributed by atoms with E-state index >= 15 is 0 Å². The van der Waals surface area contributed by atoms with Crippen molar-refractivity contribution in [2.75, 3.05) is 0 Å². The second-order valence-corrected chi connectivity index (χ2v) is 12.7. The first kappa shape index (κ1) is 27.4. The van der Waals surface area contributed by atoms with E-state index in [4.69, 9.17) is 11.6 Å². The predicted molar refractivity (Wildman–Crippen MR) is 140 cm³/mol. The zero-order valence-corrected chi connectivity index (χ0v) is 22.6. The van der Waals surface area contributed by atoms with Gasteiger partial charge in [-0.15, -0.1) is 0 Å². The van der Waals surface area contributed by atoms with Crippen LogP contribution in [-0.2, 0) is 5.60 Å². The zero-order valence-electron chi connectivity index (χ0n) is 21.8. The third-order valence-corrected chi connectivity index (χ3v) is 10.6. The van der Waals surface area contributed by atoms with Gasteiger partial charge < -0.3 is 15.3 Å². The molecule has 0 aromatic heterocycles. The highest BCUT2D eigenvalue weighted by Gasteiger charge is 2.46. The minimum atomic E-state index is -1.14. The number of hydrogen-bond acceptors (Lipinski definition) is 3. The number of hydrogen-bond donors (Lipinski definition) is 3. The van der Waals surface area contributed by atoms with Gasteiger partial charge in [0.1, 0.15) is 5.82 Å². The van der Waals surface area contributed by atoms with E-state index < -0.39 is 22.6 Å². The summed E-state index contributed by atoms with van der Waals surface area (Å²) in [6.07, 6.45) is 14.5. The SMILES string of the molecule is CCCCCC1(O)CCC(C2(O)CCC(C3CCC(O)(c4ccc(C)c(Cl)c4F)CC3)CC2)CC1. The Morgan fingerprint density at radius 1 is 0.857 bits per heavy atom. The molecule has 3 nitrogen and oxygen atoms in total. The van der Waals surface area contributed by atoms with Crippen molar-refractivity contribution >= 4 is 11.6 Å². The van der Waals surface area contributed by atoms with Gasteiger partial charge in [0.25, 0.3) is 0 Å². The zero-order chi connectivity index (χ0) is 25.3. The maximum atomic E-state index is 14.8. The van der Waals surface area contributed by atoms with Crippen molar-refractivity contribution in [2.45, 2.75) is 133 Å². The highest BCUT2D eigenvalue weighted by molar-refractivity contribution is 6.31. The van der Waals surface area contributed by atoms with Crippen LogP contribution in [0.1, 0.15) is 121 Å². The second-order valence-electron chi connectivity index (χ2n) is 12.3. The molecule has 3 saturated carbocycles. The average molecular weight is 509 g/mol. The molecule has 1 aromatic carbocycles. The lowest BCUT2D eigenvalue weighted by atomic mass is 9.61. The molecule has 1 aromatic rings. The van der Waals surface area contributed by atoms with E-state index in [2.05, 4.69) is 6.92 Å². The largest absolute Gasteiger partial charge is 0.390 e. The number of aliphatic hydroxyl groups is 3. The lowest BCUT2D eigenvalue weighted by molar-refractivity contribution is -0.107. The standard InChI is InChI=1S/C30H46ClFO3/c1-3-4-5-14-28(33)15-12-24(13-16-28)29(34)17-8-22(9-18-29)23-10-19-30(35,20-11-23)25-7-6-21(2)26(31)27(25)32/h6-7,22-24,33-35H,3-5,8-20H2,1-2H3. The lowest BCUT2D eigenvalue weighted by Crippen LogP contribution is -2.47. The van der Waals surface area contributed by atoms with Crippen LogP contribution in [0, 0.1) is 30.5 Å². The first-order valence-electron chi connectivity index (χ1n) is 14.2. The Hall–Kier alpha value is -0.680. The maximum absolute atomic E-state index is 14.8. The Kier molecular flexibility index (Phi) is 8.58. The highest BCUT2D eigenvalue weighted by Crippen LogP contribution is 2.51. The van der Waals surface area contributed by atoms with Crippen LogP contribution in [0.15, 0.2) is 12.1 Å². The molecule has 0 saturated heterocycles. The van der Waals surface area contributed by atoms with E-state index in [1.165, 1.54) is 12.8 Å². The summed E-state index contributed by atoms with van der Waals surface area (Å²) in [5.41, 5.74) is -1.20. The van der Waals surface area contributed by atoms with Gasteiger partial charge in [-0.3, -0.25) is 0 Å². The molecule has 3 N–H and O–H groups in total. The molecule has 4 rings (SSSR count). The van der Waals surface area contributed by atoms with Gasteiger partial charge in [-0.25, -0.2) is 4.39 Å². The summed E-state index contributed by atoms with van der Waals surface area (Å²) < 4.78 is 14.8. The Morgan fingerprint density at radius 2 is 1.43 bits per heavy atom. The van der Waals surface area contributed by atoms with Crippen molar-refractivity contribution in [3.05, 3.63) is 34.1 Å². The fraction of sp³-hybridized carbons (Fsp3) is 0.800. The summed E-state index contributed by atoms with van der Waals surface area (Å²) in [4.78, 5) is 0. The van der Waals surface area contributed by atoms with Gasteiger partial charge in [0.05, 0.1) is 21.8 Å². The maximum Gasteiger partial charge on any atom is 0.148 e. The van der Waals surface area contributed by atoms with Crippen LogP contribution in [0.5, 0.6) is 0 Å². The molecule has 0 bridgehead atoms. The van der Waals surface area contributed by atoms with Gasteiger partial charge in [0.15, 0.2) is 0 Å². The van der Waals surface area contributed by atoms with Crippen LogP contribution in [0.2, 0.25) is 5.02 Å². The van der Waals surface area contributed by atoms with E-state index in [9.17, 15) is 19.7 Å². The molecule has 0 atom stereocenters. The van der Waals surface area contributed by atoms with E-state index in [0.29, 0.717) is 41.7 Å². The summed E-state index contributed by atoms with van der Waals surface area (Å²) in [5.74, 6) is 0.931. The normalized spacial score (nSPS) is 38.4. The molecule has 0 amide bonds. The monoisotopic (exact) mass is 508 g/mol. The Bertz CT molecular complexity index is 847. The number of halogens is 2. The fourth-order valence-corrected chi connectivity index (χ4v) is 7.69. The topological polar surface area (TPSA) is 60.7 Å². The molecule has 3 aliphatic rings. The van der Waals surface area contributed by atoms with Crippen LogP contribution >= 0.6 is 11.6 Å². The summed E-state index contributed by atoms with van der Waals surface area (Å²) in [6.45, 7) is 3.97. The summed E-state index contributed by atoms with van der Waals surface area (Å²) in [5, 5.41) is 33.9. The van der Waals surface area contributed by atoms with E-state index in [0.717, 1.165) is 77.0 Å². The van der Waals surface area contributed by atoms with Gasteiger partial charge >= 0.3 is 0 Å². The van der Waals surface area contributed by atoms with Crippen molar-refractivity contribution in [3.63, 3.8) is 0 Å². The van der Waals surface area contributed by atoms with Crippen LogP contribution in [0.25, 0.3) is 0 Å². The summed E-state index contributed by atoms with van der Waals surface area (Å²) in [7, 11) is 0. The van der Waals surface area contributed by atoms with Crippen LogP contribution in [0.4, 0.5) is 4.39 Å². The van der Waals surface area contributed by atoms with Crippen LogP contribution in [-0.4, -0.2) is 26.5 Å². The van der Waals surface area contributed by atoms with Gasteiger partial charge in [0.2, 0.25) is 0 Å². The van der Waals surface area contributed by atoms with Crippen LogP contribution < -0.4 is 0 Å². The van der Waals surface area contributed by atoms with Crippen molar-refractivity contribution in [1.29, 1.82) is 0 Å². The van der Waals surface area contributed by atoms with E-state index in [-0.39, 0.29) is 5.02 Å². The molecule has 198 valence electrons. The van der Waals surface area contributed by atoms with Crippen molar-refractivity contribution in [2.24, 2.45) is 17.8 Å². The molecule has 3 fully saturated rings. The molecule has 35 heavy (non-hydrogen) atoms. The lowest BCUT2D eigenvalue weighted by Gasteiger charge is -2.48. The average Bonchev–Trinajstić information content (AvgIpc) is 2.84. The fourth-order valence-electron chi connectivity index (χ4n) is 7.53. The van der Waals surface area contributed by atoms with Crippen molar-refractivity contribution in [1.82, 2.24) is 0 Å². The minimum Gasteiger partial charge on any atom is -0.390 e. The molecular formula is C30H46ClFO3. The van der Waals surface area contributed by atoms with Crippen molar-refractivity contribution < 1.29 is 19.7 Å². The van der Waals surface area contributed by atoms with E-state index in [1.807, 2.05) is 0 Å². The Labute approximate surface area is 216 Å². The molecular weight excluding hydrogens is 463 g/mol. The van der Waals surface area contributed by atoms with Gasteiger partial charge in [-0.1, -0.05) is 49.9 Å². The summed E-state index contributed by atoms with van der Waals surface area (Å²) >= 11 is 6.13. The van der Waals surface area contributed by atoms with Crippen LogP contribution in [0.3, 0.4) is 0 Å². The molecule has 0 unspecified atom stereocenters. The first-order valence-corrected chi connectivity index (χ1v) is 14.6. The third kappa shape index (κ3) is 5.92.